The van der Waals surface area contributed by atoms with Crippen LogP contribution in [0.3, 0.4) is 0 Å². The molecule has 476 valence electrons. The van der Waals surface area contributed by atoms with E-state index < -0.39 is 260 Å². The number of aliphatic hydroxyl groups excluding tert-OH is 19. The van der Waals surface area contributed by atoms with Gasteiger partial charge < -0.3 is 165 Å². The number of aliphatic hydroxyl groups is 19. The molecular weight excluding hydrogens is 1130 g/mol. The number of hydrogen-bond acceptors (Lipinski definition) is 33. The average molecular weight is 1200 g/mol. The predicted octanol–water partition coefficient (Wildman–Crippen LogP) is -14.8. The van der Waals surface area contributed by atoms with Gasteiger partial charge in [0.2, 0.25) is 17.7 Å². The zero-order valence-corrected chi connectivity index (χ0v) is 44.1. The van der Waals surface area contributed by atoms with Gasteiger partial charge in [-0.2, -0.15) is 0 Å². The highest BCUT2D eigenvalue weighted by Gasteiger charge is 2.61. The van der Waals surface area contributed by atoms with Crippen molar-refractivity contribution in [3.63, 3.8) is 0 Å². The van der Waals surface area contributed by atoms with Crippen LogP contribution < -0.4 is 16.0 Å². The molecule has 23 N–H and O–H groups in total. The second-order valence-corrected chi connectivity index (χ2v) is 20.2. The third-order valence-electron chi connectivity index (χ3n) is 14.2. The van der Waals surface area contributed by atoms with Crippen LogP contribution in [0.5, 0.6) is 0 Å². The van der Waals surface area contributed by atoms with Crippen LogP contribution in [0.1, 0.15) is 27.2 Å². The number of amides is 3. The molecule has 3 amide bonds. The molecular formula is C45H77N3O34. The van der Waals surface area contributed by atoms with Crippen molar-refractivity contribution in [1.82, 2.24) is 16.0 Å². The first kappa shape index (κ1) is 69.5. The molecule has 0 spiro atoms. The van der Waals surface area contributed by atoms with E-state index in [2.05, 4.69) is 16.0 Å². The number of aliphatic carboxylic acids is 1. The average Bonchev–Trinajstić information content (AvgIpc) is 3.64. The maximum atomic E-state index is 13.0. The van der Waals surface area contributed by atoms with Crippen LogP contribution >= 0.6 is 0 Å². The highest BCUT2D eigenvalue weighted by atomic mass is 16.8. The van der Waals surface area contributed by atoms with Crippen LogP contribution in [0.25, 0.3) is 0 Å². The Morgan fingerprint density at radius 2 is 1.05 bits per heavy atom. The van der Waals surface area contributed by atoms with E-state index in [9.17, 15) is 121 Å². The van der Waals surface area contributed by atoms with E-state index in [1.54, 1.807) is 0 Å². The number of hydrogen-bond donors (Lipinski definition) is 23. The zero-order valence-electron chi connectivity index (χ0n) is 44.1. The Labute approximate surface area is 464 Å². The van der Waals surface area contributed by atoms with Gasteiger partial charge in [-0.05, 0) is 0 Å². The summed E-state index contributed by atoms with van der Waals surface area (Å²) >= 11 is 0. The van der Waals surface area contributed by atoms with Crippen molar-refractivity contribution in [3.05, 3.63) is 0 Å². The SMILES string of the molecule is CC(=O)N[C@H]1[C@H](OC[C@@H](O)[C@H](O)[C@H](O[C@@H]2O[C@H](CO)[C@H](O)[C@H](O[C@]3(C(=O)O)C[C@H](O)[C@@H](NC(C)=O)[C@H]([C@H](O)[C@H](O)CO)O3)[C@H]2O)[C@H](CO)NC(C)=O)O[C@H](CO)[C@@H](O[C@@H]2O[C@H](CO)[C@H](O)[C@H](O[C@H]3O[C@H](CO)[C@H](O)[C@H](O)[C@H]3O)[C@H]2O)[C@@H]1O. The van der Waals surface area contributed by atoms with Gasteiger partial charge in [0.15, 0.2) is 25.2 Å². The minimum atomic E-state index is -3.24. The van der Waals surface area contributed by atoms with E-state index in [1.807, 2.05) is 0 Å². The van der Waals surface area contributed by atoms with Crippen LogP contribution in [0.2, 0.25) is 0 Å². The molecule has 30 atom stereocenters. The van der Waals surface area contributed by atoms with Gasteiger partial charge >= 0.3 is 5.97 Å². The van der Waals surface area contributed by atoms with Crippen LogP contribution in [0, 0.1) is 0 Å². The smallest absolute Gasteiger partial charge is 0.364 e. The predicted molar refractivity (Wildman–Crippen MR) is 253 cm³/mol. The molecule has 37 heteroatoms. The molecule has 0 aromatic heterocycles. The van der Waals surface area contributed by atoms with Crippen molar-refractivity contribution in [2.75, 3.05) is 46.2 Å². The largest absolute Gasteiger partial charge is 0.477 e. The van der Waals surface area contributed by atoms with Crippen molar-refractivity contribution in [2.45, 2.75) is 211 Å². The second-order valence-electron chi connectivity index (χ2n) is 20.2. The van der Waals surface area contributed by atoms with E-state index in [0.29, 0.717) is 0 Å². The molecule has 5 aliphatic rings. The Bertz CT molecular complexity index is 2040. The molecule has 37 nitrogen and oxygen atoms in total. The summed E-state index contributed by atoms with van der Waals surface area (Å²) in [4.78, 5) is 50.0. The number of carbonyl (C=O) groups is 4. The monoisotopic (exact) mass is 1200 g/mol. The molecule has 0 unspecified atom stereocenters. The minimum Gasteiger partial charge on any atom is -0.477 e. The van der Waals surface area contributed by atoms with E-state index in [0.717, 1.165) is 20.8 Å². The molecule has 5 heterocycles. The standard InChI is InChI=1S/C45H77N3O34/c1-12(55)46-15(5-49)35(78-43-34(70)39(29(65)21(9-53)76-43)82-45(44(71)72)4-16(58)23(47-13(2)56)37(81-45)25(61)17(59)6-50)26(62)18(60)11-73-40-24(48-14(3)57)30(66)36(22(10-54)77-40)79-42-33(69)38(28(64)20(8-52)75-42)80-41-32(68)31(67)27(63)19(7-51)74-41/h15-43,49-54,58-70H,4-11H2,1-3H3,(H,46,55)(H,47,56)(H,48,57)(H,71,72)/t15-,16-,17+,18+,19+,20+,21+,22+,23+,24+,25+,26-,27-,28-,29-,30+,31-,32+,33+,34+,35+,36+,37+,38-,39-,40+,41+,42-,43-,45-/m0/s1. The molecule has 5 saturated heterocycles. The minimum absolute atomic E-state index is 0.841. The lowest BCUT2D eigenvalue weighted by atomic mass is 9.88. The number of ether oxygens (including phenoxy) is 10. The Kier molecular flexibility index (Phi) is 25.7. The normalized spacial score (nSPS) is 42.2. The van der Waals surface area contributed by atoms with Gasteiger partial charge in [0.1, 0.15) is 134 Å². The van der Waals surface area contributed by atoms with E-state index in [4.69, 9.17) is 47.4 Å². The lowest BCUT2D eigenvalue weighted by Crippen LogP contribution is -2.70. The van der Waals surface area contributed by atoms with Crippen LogP contribution in [0.4, 0.5) is 0 Å². The fourth-order valence-electron chi connectivity index (χ4n) is 9.93. The number of carboxylic acids is 1. The zero-order chi connectivity index (χ0) is 61.4. The summed E-state index contributed by atoms with van der Waals surface area (Å²) in [7, 11) is 0. The molecule has 0 bridgehead atoms. The molecule has 0 radical (unpaired) electrons. The summed E-state index contributed by atoms with van der Waals surface area (Å²) in [5, 5.41) is 221. The molecule has 0 aromatic carbocycles. The molecule has 5 rings (SSSR count). The molecule has 0 aromatic rings. The number of rotatable bonds is 26. The van der Waals surface area contributed by atoms with E-state index >= 15 is 0 Å². The van der Waals surface area contributed by atoms with Gasteiger partial charge in [-0.15, -0.1) is 0 Å². The van der Waals surface area contributed by atoms with Crippen molar-refractivity contribution in [1.29, 1.82) is 0 Å². The van der Waals surface area contributed by atoms with Gasteiger partial charge in [-0.25, -0.2) is 4.79 Å². The first-order valence-electron chi connectivity index (χ1n) is 25.7. The summed E-state index contributed by atoms with van der Waals surface area (Å²) in [5.74, 6) is -7.97. The highest BCUT2D eigenvalue weighted by molar-refractivity contribution is 5.77. The van der Waals surface area contributed by atoms with Crippen molar-refractivity contribution >= 4 is 23.7 Å². The van der Waals surface area contributed by atoms with Gasteiger partial charge in [-0.1, -0.05) is 0 Å². The topological polar surface area (TPSA) is 601 Å². The summed E-state index contributed by atoms with van der Waals surface area (Å²) < 4.78 is 56.4. The lowest BCUT2D eigenvalue weighted by Gasteiger charge is -2.50. The highest BCUT2D eigenvalue weighted by Crippen LogP contribution is 2.39. The number of nitrogens with one attached hydrogen (secondary N) is 3. The summed E-state index contributed by atoms with van der Waals surface area (Å²) in [6.45, 7) is -4.67. The molecule has 0 saturated carbocycles. The van der Waals surface area contributed by atoms with Crippen LogP contribution in [0.15, 0.2) is 0 Å². The maximum absolute atomic E-state index is 13.0. The summed E-state index contributed by atoms with van der Waals surface area (Å²) in [6.07, 6.45) is -54.6. The van der Waals surface area contributed by atoms with Crippen molar-refractivity contribution in [3.8, 4) is 0 Å². The third kappa shape index (κ3) is 15.8. The Morgan fingerprint density at radius 1 is 0.549 bits per heavy atom. The van der Waals surface area contributed by atoms with E-state index in [-0.39, 0.29) is 0 Å². The fraction of sp³-hybridized carbons (Fsp3) is 0.911. The summed E-state index contributed by atoms with van der Waals surface area (Å²) in [6, 6.07) is -5.27. The Hall–Kier alpha value is -3.28. The first-order valence-corrected chi connectivity index (χ1v) is 25.7. The first-order chi connectivity index (χ1) is 38.5. The quantitative estimate of drug-likeness (QED) is 0.0382. The third-order valence-corrected chi connectivity index (χ3v) is 14.2. The van der Waals surface area contributed by atoms with Crippen molar-refractivity contribution < 1.29 is 169 Å². The van der Waals surface area contributed by atoms with Gasteiger partial charge in [0, 0.05) is 27.2 Å². The Balaban J connectivity index is 1.37. The molecule has 5 aliphatic heterocycles. The van der Waals surface area contributed by atoms with Gasteiger partial charge in [-0.3, -0.25) is 14.4 Å². The van der Waals surface area contributed by atoms with Crippen LogP contribution in [-0.4, -0.2) is 355 Å². The Morgan fingerprint density at radius 3 is 1.57 bits per heavy atom. The molecule has 82 heavy (non-hydrogen) atoms. The number of carbonyl (C=O) groups excluding carboxylic acids is 3. The van der Waals surface area contributed by atoms with E-state index in [1.165, 1.54) is 0 Å². The van der Waals surface area contributed by atoms with Gasteiger partial charge in [0.05, 0.1) is 64.4 Å². The summed E-state index contributed by atoms with van der Waals surface area (Å²) in [5.41, 5.74) is 0. The number of carboxylic acid groups (broad SMARTS) is 1. The fourth-order valence-corrected chi connectivity index (χ4v) is 9.93. The van der Waals surface area contributed by atoms with Crippen molar-refractivity contribution in [2.24, 2.45) is 0 Å². The lowest BCUT2D eigenvalue weighted by molar-refractivity contribution is -0.377. The molecule has 0 aliphatic carbocycles. The van der Waals surface area contributed by atoms with Gasteiger partial charge in [0.25, 0.3) is 5.79 Å². The second kappa shape index (κ2) is 30.4. The maximum Gasteiger partial charge on any atom is 0.364 e. The van der Waals surface area contributed by atoms with Crippen LogP contribution in [-0.2, 0) is 66.5 Å². The molecule has 5 fully saturated rings.